The minimum Gasteiger partial charge on any atom is -0.458 e. The van der Waals surface area contributed by atoms with Crippen molar-refractivity contribution in [1.82, 2.24) is 0 Å². The maximum atomic E-state index is 14.0. The van der Waals surface area contributed by atoms with E-state index in [0.29, 0.717) is 11.3 Å². The normalized spacial score (nSPS) is 11.7. The fourth-order valence-electron chi connectivity index (χ4n) is 3.34. The van der Waals surface area contributed by atoms with Crippen molar-refractivity contribution in [2.24, 2.45) is 0 Å². The molecule has 0 aromatic heterocycles. The van der Waals surface area contributed by atoms with Gasteiger partial charge in [-0.2, -0.15) is 13.2 Å². The molecule has 0 aliphatic rings. The lowest BCUT2D eigenvalue weighted by Gasteiger charge is -2.16. The highest BCUT2D eigenvalue weighted by Gasteiger charge is 2.34. The quantitative estimate of drug-likeness (QED) is 0.130. The molecule has 8 heteroatoms. The summed E-state index contributed by atoms with van der Waals surface area (Å²) in [5.74, 6) is -0.702. The summed E-state index contributed by atoms with van der Waals surface area (Å²) in [7, 11) is 0. The molecule has 0 aliphatic heterocycles. The molecule has 0 fully saturated rings. The zero-order valence-corrected chi connectivity index (χ0v) is 21.0. The number of carbonyl (C=O) groups is 2. The van der Waals surface area contributed by atoms with E-state index in [2.05, 4.69) is 13.2 Å². The Morgan fingerprint density at radius 1 is 0.763 bits per heavy atom. The molecule has 0 atom stereocenters. The van der Waals surface area contributed by atoms with Crippen LogP contribution in [-0.4, -0.2) is 11.9 Å². The number of benzene rings is 3. The van der Waals surface area contributed by atoms with Gasteiger partial charge in [-0.05, 0) is 67.3 Å². The highest BCUT2D eigenvalue weighted by Crippen LogP contribution is 2.40. The first-order valence-electron chi connectivity index (χ1n) is 11.4. The fraction of sp³-hybridized carbons (Fsp3) is 0.133. The molecule has 38 heavy (non-hydrogen) atoms. The highest BCUT2D eigenvalue weighted by atomic mass is 19.4. The molecule has 0 spiro atoms. The van der Waals surface area contributed by atoms with E-state index in [-0.39, 0.29) is 28.4 Å². The number of esters is 2. The van der Waals surface area contributed by atoms with Gasteiger partial charge in [-0.15, -0.1) is 0 Å². The molecule has 0 heterocycles. The minimum absolute atomic E-state index is 0.0184. The second kappa shape index (κ2) is 11.6. The lowest BCUT2D eigenvalue weighted by molar-refractivity contribution is -0.137. The van der Waals surface area contributed by atoms with Gasteiger partial charge in [0.05, 0.1) is 5.56 Å². The Bertz CT molecular complexity index is 1400. The van der Waals surface area contributed by atoms with Gasteiger partial charge in [0.2, 0.25) is 0 Å². The van der Waals surface area contributed by atoms with Gasteiger partial charge in [0.25, 0.3) is 0 Å². The molecular formula is C30H25F3O5. The summed E-state index contributed by atoms with van der Waals surface area (Å²) in [6.07, 6.45) is -3.59. The fourth-order valence-corrected chi connectivity index (χ4v) is 3.34. The number of hydrogen-bond acceptors (Lipinski definition) is 5. The van der Waals surface area contributed by atoms with Gasteiger partial charge in [-0.25, -0.2) is 9.59 Å². The minimum atomic E-state index is -4.65. The van der Waals surface area contributed by atoms with E-state index in [0.717, 1.165) is 23.3 Å². The summed E-state index contributed by atoms with van der Waals surface area (Å²) in [6.45, 7) is 11.3. The number of allylic oxidation sites excluding steroid dienone is 2. The van der Waals surface area contributed by atoms with Gasteiger partial charge in [0.15, 0.2) is 0 Å². The van der Waals surface area contributed by atoms with Crippen molar-refractivity contribution in [1.29, 1.82) is 0 Å². The molecule has 3 aromatic rings. The zero-order chi connectivity index (χ0) is 28.0. The van der Waals surface area contributed by atoms with Crippen LogP contribution in [0.25, 0.3) is 22.3 Å². The van der Waals surface area contributed by atoms with Crippen LogP contribution in [0.1, 0.15) is 26.3 Å². The molecular weight excluding hydrogens is 497 g/mol. The monoisotopic (exact) mass is 522 g/mol. The first kappa shape index (κ1) is 28.0. The van der Waals surface area contributed by atoms with E-state index in [9.17, 15) is 22.8 Å². The Hall–Kier alpha value is -4.59. The number of halogens is 3. The summed E-state index contributed by atoms with van der Waals surface area (Å²) in [6, 6.07) is 17.0. The first-order valence-corrected chi connectivity index (χ1v) is 11.4. The SMILES string of the molecule is C=CC(=O)Oc1ccc(-c2ccc(-c3ccc(OC(C)=C(C)OC(=O)C(=C)C)cc3C(F)(F)F)cc2)cc1. The van der Waals surface area contributed by atoms with E-state index in [1.807, 2.05) is 0 Å². The average Bonchev–Trinajstić information content (AvgIpc) is 2.88. The number of ether oxygens (including phenoxy) is 3. The van der Waals surface area contributed by atoms with E-state index < -0.39 is 23.7 Å². The van der Waals surface area contributed by atoms with Crippen LogP contribution in [0.4, 0.5) is 13.2 Å². The van der Waals surface area contributed by atoms with Crippen LogP contribution >= 0.6 is 0 Å². The second-order valence-electron chi connectivity index (χ2n) is 8.32. The van der Waals surface area contributed by atoms with Gasteiger partial charge < -0.3 is 14.2 Å². The maximum absolute atomic E-state index is 14.0. The van der Waals surface area contributed by atoms with Gasteiger partial charge in [-0.3, -0.25) is 0 Å². The van der Waals surface area contributed by atoms with E-state index in [1.54, 1.807) is 48.5 Å². The lowest BCUT2D eigenvalue weighted by atomic mass is 9.96. The third-order valence-electron chi connectivity index (χ3n) is 5.43. The van der Waals surface area contributed by atoms with Crippen molar-refractivity contribution in [3.63, 3.8) is 0 Å². The highest BCUT2D eigenvalue weighted by molar-refractivity contribution is 5.87. The molecule has 5 nitrogen and oxygen atoms in total. The summed E-state index contributed by atoms with van der Waals surface area (Å²) < 4.78 is 57.6. The van der Waals surface area contributed by atoms with Gasteiger partial charge in [-0.1, -0.05) is 55.6 Å². The molecule has 0 aliphatic carbocycles. The molecule has 196 valence electrons. The molecule has 0 saturated carbocycles. The van der Waals surface area contributed by atoms with Crippen LogP contribution in [0.5, 0.6) is 11.5 Å². The molecule has 0 unspecified atom stereocenters. The van der Waals surface area contributed by atoms with Crippen LogP contribution in [0.3, 0.4) is 0 Å². The maximum Gasteiger partial charge on any atom is 0.417 e. The van der Waals surface area contributed by atoms with Crippen LogP contribution in [0.15, 0.2) is 103 Å². The first-order chi connectivity index (χ1) is 17.9. The third kappa shape index (κ3) is 7.00. The molecule has 0 bridgehead atoms. The van der Waals surface area contributed by atoms with Gasteiger partial charge in [0.1, 0.15) is 23.0 Å². The topological polar surface area (TPSA) is 61.8 Å². The number of rotatable bonds is 8. The lowest BCUT2D eigenvalue weighted by Crippen LogP contribution is -2.09. The standard InChI is InChI=1S/C30H25F3O5/c1-6-28(34)38-24-13-11-22(12-14-24)21-7-9-23(10-8-21)26-16-15-25(17-27(26)30(31,32)33)36-19(4)20(5)37-29(35)18(2)3/h6-17H,1-2H2,3-5H3. The second-order valence-corrected chi connectivity index (χ2v) is 8.32. The van der Waals surface area contributed by atoms with Crippen molar-refractivity contribution in [2.75, 3.05) is 0 Å². The van der Waals surface area contributed by atoms with E-state index >= 15 is 0 Å². The van der Waals surface area contributed by atoms with Gasteiger partial charge in [0, 0.05) is 11.6 Å². The number of hydrogen-bond donors (Lipinski definition) is 0. The van der Waals surface area contributed by atoms with E-state index in [1.165, 1.54) is 32.9 Å². The summed E-state index contributed by atoms with van der Waals surface area (Å²) >= 11 is 0. The smallest absolute Gasteiger partial charge is 0.417 e. The molecule has 0 radical (unpaired) electrons. The average molecular weight is 523 g/mol. The van der Waals surface area contributed by atoms with Crippen LogP contribution in [0.2, 0.25) is 0 Å². The van der Waals surface area contributed by atoms with E-state index in [4.69, 9.17) is 14.2 Å². The van der Waals surface area contributed by atoms with Crippen molar-refractivity contribution in [3.05, 3.63) is 109 Å². The van der Waals surface area contributed by atoms with Crippen LogP contribution < -0.4 is 9.47 Å². The Kier molecular flexibility index (Phi) is 8.57. The van der Waals surface area contributed by atoms with Crippen molar-refractivity contribution in [3.8, 4) is 33.8 Å². The summed E-state index contributed by atoms with van der Waals surface area (Å²) in [4.78, 5) is 23.0. The Morgan fingerprint density at radius 3 is 1.82 bits per heavy atom. The van der Waals surface area contributed by atoms with Crippen molar-refractivity contribution in [2.45, 2.75) is 26.9 Å². The van der Waals surface area contributed by atoms with Crippen LogP contribution in [-0.2, 0) is 20.5 Å². The summed E-state index contributed by atoms with van der Waals surface area (Å²) in [5, 5.41) is 0. The Labute approximate surface area is 218 Å². The molecule has 3 aromatic carbocycles. The predicted octanol–water partition coefficient (Wildman–Crippen LogP) is 7.88. The Balaban J connectivity index is 1.87. The van der Waals surface area contributed by atoms with Crippen molar-refractivity contribution < 1.29 is 37.0 Å². The molecule has 0 saturated heterocycles. The summed E-state index contributed by atoms with van der Waals surface area (Å²) in [5.41, 5.74) is 1.21. The number of carbonyl (C=O) groups excluding carboxylic acids is 2. The molecule has 3 rings (SSSR count). The number of alkyl halides is 3. The Morgan fingerprint density at radius 2 is 1.29 bits per heavy atom. The van der Waals surface area contributed by atoms with Crippen LogP contribution in [0, 0.1) is 0 Å². The largest absolute Gasteiger partial charge is 0.458 e. The predicted molar refractivity (Wildman–Crippen MR) is 138 cm³/mol. The van der Waals surface area contributed by atoms with Crippen molar-refractivity contribution >= 4 is 11.9 Å². The molecule has 0 amide bonds. The zero-order valence-electron chi connectivity index (χ0n) is 21.0. The van der Waals surface area contributed by atoms with Gasteiger partial charge >= 0.3 is 18.1 Å². The third-order valence-corrected chi connectivity index (χ3v) is 5.43. The molecule has 0 N–H and O–H groups in total.